The Morgan fingerprint density at radius 3 is 3.00 bits per heavy atom. The smallest absolute Gasteiger partial charge is 0.358 e. The van der Waals surface area contributed by atoms with Crippen molar-refractivity contribution in [2.75, 3.05) is 25.1 Å². The Morgan fingerprint density at radius 1 is 1.47 bits per heavy atom. The number of anilines is 1. The maximum Gasteiger partial charge on any atom is 0.358 e. The minimum Gasteiger partial charge on any atom is -0.464 e. The number of ketones is 1. The van der Waals surface area contributed by atoms with Crippen LogP contribution in [0.3, 0.4) is 0 Å². The molecule has 2 rings (SSSR count). The molecule has 6 heteroatoms. The van der Waals surface area contributed by atoms with Crippen molar-refractivity contribution in [3.8, 4) is 0 Å². The van der Waals surface area contributed by atoms with Crippen LogP contribution >= 0.6 is 0 Å². The van der Waals surface area contributed by atoms with E-state index in [1.807, 2.05) is 4.90 Å². The van der Waals surface area contributed by atoms with Gasteiger partial charge in [-0.1, -0.05) is 0 Å². The van der Waals surface area contributed by atoms with Gasteiger partial charge in [0.25, 0.3) is 0 Å². The molecule has 0 N–H and O–H groups in total. The van der Waals surface area contributed by atoms with E-state index >= 15 is 0 Å². The quantitative estimate of drug-likeness (QED) is 0.692. The Morgan fingerprint density at radius 2 is 2.29 bits per heavy atom. The van der Waals surface area contributed by atoms with Gasteiger partial charge in [0.05, 0.1) is 26.0 Å². The summed E-state index contributed by atoms with van der Waals surface area (Å²) in [6.45, 7) is 1.09. The van der Waals surface area contributed by atoms with Crippen LogP contribution in [-0.4, -0.2) is 41.9 Å². The number of hydrogen-bond acceptors (Lipinski definition) is 6. The SMILES string of the molecule is COC(=O)c1cncc(N2CCCC(=O)C2)n1. The molecular weight excluding hydrogens is 222 g/mol. The van der Waals surface area contributed by atoms with E-state index in [4.69, 9.17) is 0 Å². The van der Waals surface area contributed by atoms with Gasteiger partial charge in [-0.2, -0.15) is 0 Å². The van der Waals surface area contributed by atoms with Gasteiger partial charge in [0.2, 0.25) is 0 Å². The van der Waals surface area contributed by atoms with Gasteiger partial charge in [-0.3, -0.25) is 9.78 Å². The summed E-state index contributed by atoms with van der Waals surface area (Å²) in [6.07, 6.45) is 4.32. The van der Waals surface area contributed by atoms with Crippen molar-refractivity contribution in [1.29, 1.82) is 0 Å². The second-order valence-electron chi connectivity index (χ2n) is 3.82. The monoisotopic (exact) mass is 235 g/mol. The number of carbonyl (C=O) groups is 2. The molecule has 90 valence electrons. The van der Waals surface area contributed by atoms with E-state index in [1.54, 1.807) is 6.20 Å². The first-order valence-corrected chi connectivity index (χ1v) is 5.37. The number of ether oxygens (including phenoxy) is 1. The lowest BCUT2D eigenvalue weighted by Crippen LogP contribution is -2.36. The number of aromatic nitrogens is 2. The molecule has 0 radical (unpaired) electrons. The van der Waals surface area contributed by atoms with Crippen LogP contribution in [0.25, 0.3) is 0 Å². The highest BCUT2D eigenvalue weighted by Crippen LogP contribution is 2.15. The third-order valence-electron chi connectivity index (χ3n) is 2.59. The number of nitrogens with zero attached hydrogens (tertiary/aromatic N) is 3. The molecule has 0 aliphatic carbocycles. The molecule has 17 heavy (non-hydrogen) atoms. The van der Waals surface area contributed by atoms with Crippen LogP contribution in [0, 0.1) is 0 Å². The van der Waals surface area contributed by atoms with E-state index in [-0.39, 0.29) is 11.5 Å². The van der Waals surface area contributed by atoms with Crippen LogP contribution in [-0.2, 0) is 9.53 Å². The lowest BCUT2D eigenvalue weighted by molar-refractivity contribution is -0.118. The van der Waals surface area contributed by atoms with Gasteiger partial charge in [-0.05, 0) is 6.42 Å². The highest BCUT2D eigenvalue weighted by molar-refractivity contribution is 5.87. The Labute approximate surface area is 98.6 Å². The standard InChI is InChI=1S/C11H13N3O3/c1-17-11(16)9-5-12-6-10(13-9)14-4-2-3-8(15)7-14/h5-6H,2-4,7H2,1H3. The van der Waals surface area contributed by atoms with E-state index in [1.165, 1.54) is 13.3 Å². The maximum atomic E-state index is 11.3. The average Bonchev–Trinajstić information content (AvgIpc) is 2.38. The number of Topliss-reactive ketones (excluding diaryl/α,β-unsaturated/α-hetero) is 1. The normalized spacial score (nSPS) is 15.8. The van der Waals surface area contributed by atoms with E-state index in [0.717, 1.165) is 13.0 Å². The number of hydrogen-bond donors (Lipinski definition) is 0. The molecule has 0 bridgehead atoms. The van der Waals surface area contributed by atoms with Gasteiger partial charge in [-0.25, -0.2) is 9.78 Å². The van der Waals surface area contributed by atoms with Crippen molar-refractivity contribution in [2.24, 2.45) is 0 Å². The summed E-state index contributed by atoms with van der Waals surface area (Å²) in [5.74, 6) is 0.199. The van der Waals surface area contributed by atoms with Crippen molar-refractivity contribution in [1.82, 2.24) is 9.97 Å². The number of piperidine rings is 1. The zero-order chi connectivity index (χ0) is 12.3. The molecule has 0 aromatic carbocycles. The van der Waals surface area contributed by atoms with Gasteiger partial charge < -0.3 is 9.64 Å². The van der Waals surface area contributed by atoms with Gasteiger partial charge >= 0.3 is 5.97 Å². The number of esters is 1. The number of carbonyl (C=O) groups excluding carboxylic acids is 2. The lowest BCUT2D eigenvalue weighted by atomic mass is 10.1. The molecule has 0 atom stereocenters. The molecular formula is C11H13N3O3. The molecule has 0 saturated carbocycles. The van der Waals surface area contributed by atoms with Crippen LogP contribution in [0.5, 0.6) is 0 Å². The van der Waals surface area contributed by atoms with Crippen molar-refractivity contribution >= 4 is 17.6 Å². The molecule has 0 spiro atoms. The predicted molar refractivity (Wildman–Crippen MR) is 59.8 cm³/mol. The van der Waals surface area contributed by atoms with Crippen LogP contribution in [0.4, 0.5) is 5.82 Å². The number of methoxy groups -OCH3 is 1. The Balaban J connectivity index is 2.20. The van der Waals surface area contributed by atoms with Gasteiger partial charge in [0, 0.05) is 13.0 Å². The first-order chi connectivity index (χ1) is 8.20. The average molecular weight is 235 g/mol. The summed E-state index contributed by atoms with van der Waals surface area (Å²) < 4.78 is 4.57. The fourth-order valence-corrected chi connectivity index (χ4v) is 1.74. The third-order valence-corrected chi connectivity index (χ3v) is 2.59. The third kappa shape index (κ3) is 2.58. The molecule has 1 aromatic heterocycles. The van der Waals surface area contributed by atoms with E-state index < -0.39 is 5.97 Å². The minimum absolute atomic E-state index is 0.156. The molecule has 1 aliphatic rings. The molecule has 2 heterocycles. The number of rotatable bonds is 2. The molecule has 0 amide bonds. The molecule has 1 aromatic rings. The van der Waals surface area contributed by atoms with Crippen molar-refractivity contribution < 1.29 is 14.3 Å². The molecule has 0 unspecified atom stereocenters. The summed E-state index contributed by atoms with van der Waals surface area (Å²) in [5.41, 5.74) is 0.156. The van der Waals surface area contributed by atoms with E-state index in [9.17, 15) is 9.59 Å². The van der Waals surface area contributed by atoms with Gasteiger partial charge in [0.1, 0.15) is 5.82 Å². The topological polar surface area (TPSA) is 72.4 Å². The summed E-state index contributed by atoms with van der Waals surface area (Å²) in [6, 6.07) is 0. The summed E-state index contributed by atoms with van der Waals surface area (Å²) in [5, 5.41) is 0. The Hall–Kier alpha value is -1.98. The first-order valence-electron chi connectivity index (χ1n) is 5.37. The predicted octanol–water partition coefficient (Wildman–Crippen LogP) is 0.432. The minimum atomic E-state index is -0.525. The van der Waals surface area contributed by atoms with Crippen molar-refractivity contribution in [2.45, 2.75) is 12.8 Å². The molecule has 1 saturated heterocycles. The zero-order valence-electron chi connectivity index (χ0n) is 9.55. The van der Waals surface area contributed by atoms with Crippen molar-refractivity contribution in [3.63, 3.8) is 0 Å². The Bertz CT molecular complexity index is 447. The fraction of sp³-hybridized carbons (Fsp3) is 0.455. The van der Waals surface area contributed by atoms with Gasteiger partial charge in [-0.15, -0.1) is 0 Å². The largest absolute Gasteiger partial charge is 0.464 e. The molecule has 1 aliphatic heterocycles. The van der Waals surface area contributed by atoms with Crippen molar-refractivity contribution in [3.05, 3.63) is 18.1 Å². The van der Waals surface area contributed by atoms with Crippen LogP contribution in [0.15, 0.2) is 12.4 Å². The summed E-state index contributed by atoms with van der Waals surface area (Å²) in [7, 11) is 1.29. The Kier molecular flexibility index (Phi) is 3.32. The highest BCUT2D eigenvalue weighted by Gasteiger charge is 2.19. The highest BCUT2D eigenvalue weighted by atomic mass is 16.5. The van der Waals surface area contributed by atoms with Gasteiger partial charge in [0.15, 0.2) is 11.5 Å². The lowest BCUT2D eigenvalue weighted by Gasteiger charge is -2.26. The van der Waals surface area contributed by atoms with Crippen LogP contribution in [0.1, 0.15) is 23.3 Å². The zero-order valence-corrected chi connectivity index (χ0v) is 9.55. The second kappa shape index (κ2) is 4.90. The first kappa shape index (κ1) is 11.5. The van der Waals surface area contributed by atoms with E-state index in [2.05, 4.69) is 14.7 Å². The fourth-order valence-electron chi connectivity index (χ4n) is 1.74. The maximum absolute atomic E-state index is 11.3. The molecule has 6 nitrogen and oxygen atoms in total. The van der Waals surface area contributed by atoms with Crippen LogP contribution in [0.2, 0.25) is 0 Å². The van der Waals surface area contributed by atoms with E-state index in [0.29, 0.717) is 18.8 Å². The summed E-state index contributed by atoms with van der Waals surface area (Å²) >= 11 is 0. The van der Waals surface area contributed by atoms with Crippen LogP contribution < -0.4 is 4.90 Å². The summed E-state index contributed by atoms with van der Waals surface area (Å²) in [4.78, 5) is 32.5. The molecule has 1 fully saturated rings. The second-order valence-corrected chi connectivity index (χ2v) is 3.82.